The maximum Gasteiger partial charge on any atom is 0.133 e. The van der Waals surface area contributed by atoms with Crippen LogP contribution in [0.2, 0.25) is 0 Å². The van der Waals surface area contributed by atoms with Gasteiger partial charge in [0.25, 0.3) is 0 Å². The Morgan fingerprint density at radius 3 is 2.65 bits per heavy atom. The molecule has 0 aliphatic rings. The van der Waals surface area contributed by atoms with Crippen molar-refractivity contribution in [2.24, 2.45) is 0 Å². The van der Waals surface area contributed by atoms with Crippen molar-refractivity contribution in [1.82, 2.24) is 9.97 Å². The monoisotopic (exact) mass is 277 g/mol. The maximum atomic E-state index is 13.9. The van der Waals surface area contributed by atoms with Crippen LogP contribution in [-0.4, -0.2) is 16.5 Å². The fourth-order valence-electron chi connectivity index (χ4n) is 2.13. The van der Waals surface area contributed by atoms with E-state index in [4.69, 9.17) is 0 Å². The molecule has 20 heavy (non-hydrogen) atoms. The van der Waals surface area contributed by atoms with Gasteiger partial charge >= 0.3 is 0 Å². The van der Waals surface area contributed by atoms with E-state index in [1.54, 1.807) is 0 Å². The number of aromatic nitrogens is 2. The van der Waals surface area contributed by atoms with Crippen molar-refractivity contribution in [2.75, 3.05) is 11.9 Å². The molecule has 3 nitrogen and oxygen atoms in total. The van der Waals surface area contributed by atoms with Crippen molar-refractivity contribution >= 4 is 5.82 Å². The Balaban J connectivity index is 2.60. The average molecular weight is 277 g/mol. The summed E-state index contributed by atoms with van der Waals surface area (Å²) in [5.41, 5.74) is 1.45. The van der Waals surface area contributed by atoms with E-state index < -0.39 is 11.6 Å². The molecule has 0 bridgehead atoms. The fraction of sp³-hybridized carbons (Fsp3) is 0.333. The van der Waals surface area contributed by atoms with Gasteiger partial charge < -0.3 is 5.32 Å². The Morgan fingerprint density at radius 1 is 1.15 bits per heavy atom. The molecule has 0 saturated heterocycles. The van der Waals surface area contributed by atoms with E-state index in [1.807, 2.05) is 13.8 Å². The van der Waals surface area contributed by atoms with Gasteiger partial charge in [-0.05, 0) is 31.5 Å². The molecule has 0 unspecified atom stereocenters. The van der Waals surface area contributed by atoms with E-state index in [0.29, 0.717) is 24.5 Å². The molecule has 5 heteroatoms. The third-order valence-electron chi connectivity index (χ3n) is 2.97. The molecule has 2 aromatic rings. The molecular formula is C15H17F2N3. The summed E-state index contributed by atoms with van der Waals surface area (Å²) in [6.07, 6.45) is 2.95. The van der Waals surface area contributed by atoms with E-state index in [2.05, 4.69) is 15.3 Å². The minimum absolute atomic E-state index is 0.176. The van der Waals surface area contributed by atoms with Gasteiger partial charge in [-0.25, -0.2) is 18.7 Å². The molecule has 0 radical (unpaired) electrons. The van der Waals surface area contributed by atoms with Gasteiger partial charge in [-0.1, -0.05) is 13.3 Å². The summed E-state index contributed by atoms with van der Waals surface area (Å²) in [5.74, 6) is -0.277. The van der Waals surface area contributed by atoms with Gasteiger partial charge in [-0.3, -0.25) is 0 Å². The van der Waals surface area contributed by atoms with Crippen molar-refractivity contribution < 1.29 is 8.78 Å². The van der Waals surface area contributed by atoms with E-state index in [9.17, 15) is 8.78 Å². The van der Waals surface area contributed by atoms with Crippen LogP contribution in [0, 0.1) is 11.6 Å². The lowest BCUT2D eigenvalue weighted by molar-refractivity contribution is 0.602. The minimum Gasteiger partial charge on any atom is -0.370 e. The molecule has 0 aliphatic heterocycles. The lowest BCUT2D eigenvalue weighted by Gasteiger charge is -2.13. The van der Waals surface area contributed by atoms with Gasteiger partial charge in [-0.15, -0.1) is 0 Å². The fourth-order valence-corrected chi connectivity index (χ4v) is 2.13. The van der Waals surface area contributed by atoms with Crippen molar-refractivity contribution in [2.45, 2.75) is 26.7 Å². The number of halogens is 2. The van der Waals surface area contributed by atoms with Crippen molar-refractivity contribution in [3.8, 4) is 11.3 Å². The van der Waals surface area contributed by atoms with E-state index in [0.717, 1.165) is 24.1 Å². The van der Waals surface area contributed by atoms with Crippen LogP contribution in [-0.2, 0) is 6.42 Å². The van der Waals surface area contributed by atoms with Crippen LogP contribution in [0.1, 0.15) is 25.8 Å². The number of nitrogens with one attached hydrogen (secondary N) is 1. The summed E-state index contributed by atoms with van der Waals surface area (Å²) in [6, 6.07) is 3.40. The number of rotatable bonds is 5. The molecule has 0 aliphatic carbocycles. The first-order valence-corrected chi connectivity index (χ1v) is 6.70. The number of nitrogens with zero attached hydrogens (tertiary/aromatic N) is 2. The topological polar surface area (TPSA) is 37.8 Å². The third-order valence-corrected chi connectivity index (χ3v) is 2.97. The Hall–Kier alpha value is -2.04. The molecular weight excluding hydrogens is 260 g/mol. The summed E-state index contributed by atoms with van der Waals surface area (Å²) in [4.78, 5) is 8.34. The van der Waals surface area contributed by atoms with Crippen LogP contribution in [0.4, 0.5) is 14.6 Å². The van der Waals surface area contributed by atoms with Crippen LogP contribution < -0.4 is 5.32 Å². The van der Waals surface area contributed by atoms with Gasteiger partial charge in [0, 0.05) is 17.7 Å². The maximum absolute atomic E-state index is 13.9. The van der Waals surface area contributed by atoms with Crippen LogP contribution in [0.5, 0.6) is 0 Å². The van der Waals surface area contributed by atoms with Crippen LogP contribution in [0.25, 0.3) is 11.3 Å². The smallest absolute Gasteiger partial charge is 0.133 e. The lowest BCUT2D eigenvalue weighted by atomic mass is 10.0. The number of hydrogen-bond acceptors (Lipinski definition) is 3. The van der Waals surface area contributed by atoms with Crippen LogP contribution in [0.3, 0.4) is 0 Å². The molecule has 2 rings (SSSR count). The minimum atomic E-state index is -0.482. The second kappa shape index (κ2) is 6.41. The SMILES string of the molecule is CCCc1c(NCC)ncnc1-c1cc(F)ccc1F. The summed E-state index contributed by atoms with van der Waals surface area (Å²) in [6.45, 7) is 4.69. The molecule has 0 amide bonds. The molecule has 1 aromatic heterocycles. The summed E-state index contributed by atoms with van der Waals surface area (Å²) >= 11 is 0. The molecule has 106 valence electrons. The van der Waals surface area contributed by atoms with E-state index in [1.165, 1.54) is 12.4 Å². The Morgan fingerprint density at radius 2 is 1.95 bits per heavy atom. The van der Waals surface area contributed by atoms with Gasteiger partial charge in [0.05, 0.1) is 5.69 Å². The molecule has 0 atom stereocenters. The van der Waals surface area contributed by atoms with E-state index in [-0.39, 0.29) is 5.56 Å². The predicted molar refractivity (Wildman–Crippen MR) is 75.5 cm³/mol. The summed E-state index contributed by atoms with van der Waals surface area (Å²) in [7, 11) is 0. The molecule has 0 saturated carbocycles. The second-order valence-electron chi connectivity index (χ2n) is 4.45. The number of hydrogen-bond donors (Lipinski definition) is 1. The molecule has 1 heterocycles. The normalized spacial score (nSPS) is 10.6. The van der Waals surface area contributed by atoms with Crippen LogP contribution >= 0.6 is 0 Å². The zero-order valence-electron chi connectivity index (χ0n) is 11.6. The van der Waals surface area contributed by atoms with Crippen molar-refractivity contribution in [3.05, 3.63) is 41.7 Å². The summed E-state index contributed by atoms with van der Waals surface area (Å²) < 4.78 is 27.3. The Bertz CT molecular complexity index is 600. The van der Waals surface area contributed by atoms with Crippen molar-refractivity contribution in [3.63, 3.8) is 0 Å². The average Bonchev–Trinajstić information content (AvgIpc) is 2.44. The third kappa shape index (κ3) is 2.92. The Kier molecular flexibility index (Phi) is 4.61. The van der Waals surface area contributed by atoms with Gasteiger partial charge in [0.2, 0.25) is 0 Å². The zero-order chi connectivity index (χ0) is 14.5. The lowest BCUT2D eigenvalue weighted by Crippen LogP contribution is -2.07. The molecule has 0 spiro atoms. The standard InChI is InChI=1S/C15H17F2N3/c1-3-5-11-14(19-9-20-15(11)18-4-2)12-8-10(16)6-7-13(12)17/h6-9H,3-5H2,1-2H3,(H,18,19,20). The second-order valence-corrected chi connectivity index (χ2v) is 4.45. The van der Waals surface area contributed by atoms with Gasteiger partial charge in [-0.2, -0.15) is 0 Å². The highest BCUT2D eigenvalue weighted by atomic mass is 19.1. The first kappa shape index (κ1) is 14.4. The molecule has 1 aromatic carbocycles. The first-order chi connectivity index (χ1) is 9.67. The Labute approximate surface area is 117 Å². The summed E-state index contributed by atoms with van der Waals surface area (Å²) in [5, 5.41) is 3.14. The van der Waals surface area contributed by atoms with Crippen molar-refractivity contribution in [1.29, 1.82) is 0 Å². The largest absolute Gasteiger partial charge is 0.370 e. The quantitative estimate of drug-likeness (QED) is 0.903. The number of anilines is 1. The highest BCUT2D eigenvalue weighted by molar-refractivity contribution is 5.68. The van der Waals surface area contributed by atoms with Crippen LogP contribution in [0.15, 0.2) is 24.5 Å². The highest BCUT2D eigenvalue weighted by Gasteiger charge is 2.16. The molecule has 0 fully saturated rings. The zero-order valence-corrected chi connectivity index (χ0v) is 11.6. The van der Waals surface area contributed by atoms with Gasteiger partial charge in [0.1, 0.15) is 23.8 Å². The highest BCUT2D eigenvalue weighted by Crippen LogP contribution is 2.29. The first-order valence-electron chi connectivity index (χ1n) is 6.70. The predicted octanol–water partition coefficient (Wildman–Crippen LogP) is 3.81. The molecule has 1 N–H and O–H groups in total. The van der Waals surface area contributed by atoms with E-state index >= 15 is 0 Å². The number of benzene rings is 1. The van der Waals surface area contributed by atoms with Gasteiger partial charge in [0.15, 0.2) is 0 Å².